The quantitative estimate of drug-likeness (QED) is 0.258. The van der Waals surface area contributed by atoms with Crippen molar-refractivity contribution in [1.82, 2.24) is 15.0 Å². The van der Waals surface area contributed by atoms with E-state index in [1.165, 1.54) is 32.9 Å². The molecule has 7 aromatic carbocycles. The third-order valence-electron chi connectivity index (χ3n) is 11.5. The zero-order valence-corrected chi connectivity index (χ0v) is 31.4. The van der Waals surface area contributed by atoms with Crippen LogP contribution in [0.15, 0.2) is 142 Å². The van der Waals surface area contributed by atoms with Crippen LogP contribution in [-0.2, 0) is 0 Å². The van der Waals surface area contributed by atoms with Crippen molar-refractivity contribution < 1.29 is 8.83 Å². The number of hydrogen-bond donors (Lipinski definition) is 0. The van der Waals surface area contributed by atoms with Gasteiger partial charge in [-0.05, 0) is 29.3 Å². The van der Waals surface area contributed by atoms with Crippen molar-refractivity contribution in [3.8, 4) is 56.4 Å². The van der Waals surface area contributed by atoms with Gasteiger partial charge in [-0.15, -0.1) is 16.4 Å². The standard InChI is InChI=1S/C45H32B5N3O2/c46-35-34(36(47)38(49)39(50)37(35)48)24-12-6-13-25(22-24)44-51-43(23-10-2-1-3-11-23)52-45(53-44)32-20-9-19-31-30-18-8-17-29(41(30)55-42(31)32)28-16-7-15-27-26-14-4-5-21-33(26)54-40(27)28/h1-22H,46-50H2. The van der Waals surface area contributed by atoms with Crippen LogP contribution in [0, 0.1) is 0 Å². The van der Waals surface area contributed by atoms with Gasteiger partial charge >= 0.3 is 0 Å². The number of aromatic nitrogens is 3. The van der Waals surface area contributed by atoms with E-state index < -0.39 is 0 Å². The minimum Gasteiger partial charge on any atom is -0.455 e. The van der Waals surface area contributed by atoms with E-state index in [9.17, 15) is 0 Å². The molecule has 10 aromatic rings. The third kappa shape index (κ3) is 5.27. The maximum atomic E-state index is 6.93. The molecule has 3 aromatic heterocycles. The van der Waals surface area contributed by atoms with Crippen molar-refractivity contribution in [2.75, 3.05) is 0 Å². The van der Waals surface area contributed by atoms with E-state index in [-0.39, 0.29) is 0 Å². The van der Waals surface area contributed by atoms with E-state index in [2.05, 4.69) is 118 Å². The highest BCUT2D eigenvalue weighted by molar-refractivity contribution is 6.68. The van der Waals surface area contributed by atoms with Crippen LogP contribution in [0.3, 0.4) is 0 Å². The number of hydrogen-bond acceptors (Lipinski definition) is 5. The molecule has 254 valence electrons. The maximum absolute atomic E-state index is 6.93. The maximum Gasteiger partial charge on any atom is 0.167 e. The zero-order chi connectivity index (χ0) is 37.4. The number of para-hydroxylation sites is 4. The average Bonchev–Trinajstić information content (AvgIpc) is 3.82. The molecule has 3 heterocycles. The van der Waals surface area contributed by atoms with Crippen molar-refractivity contribution in [3.63, 3.8) is 0 Å². The molecule has 0 aliphatic heterocycles. The summed E-state index contributed by atoms with van der Waals surface area (Å²) in [6, 6.07) is 45.7. The predicted molar refractivity (Wildman–Crippen MR) is 242 cm³/mol. The van der Waals surface area contributed by atoms with Gasteiger partial charge in [0, 0.05) is 43.8 Å². The lowest BCUT2D eigenvalue weighted by molar-refractivity contribution is 0.665. The molecule has 0 radical (unpaired) electrons. The van der Waals surface area contributed by atoms with Crippen LogP contribution in [0.25, 0.3) is 100 Å². The normalized spacial score (nSPS) is 11.6. The smallest absolute Gasteiger partial charge is 0.167 e. The van der Waals surface area contributed by atoms with Crippen LogP contribution in [0.1, 0.15) is 0 Å². The first-order valence-electron chi connectivity index (χ1n) is 18.7. The summed E-state index contributed by atoms with van der Waals surface area (Å²) in [6.45, 7) is 0. The Balaban J connectivity index is 1.17. The molecule has 0 N–H and O–H groups in total. The number of benzene rings is 7. The third-order valence-corrected chi connectivity index (χ3v) is 11.5. The van der Waals surface area contributed by atoms with Crippen molar-refractivity contribution in [1.29, 1.82) is 0 Å². The molecule has 10 rings (SSSR count). The monoisotopic (exact) mass is 701 g/mol. The number of rotatable bonds is 5. The van der Waals surface area contributed by atoms with Crippen LogP contribution < -0.4 is 27.3 Å². The van der Waals surface area contributed by atoms with Crippen LogP contribution in [0.4, 0.5) is 0 Å². The highest BCUT2D eigenvalue weighted by atomic mass is 16.3. The first-order valence-corrected chi connectivity index (χ1v) is 18.7. The van der Waals surface area contributed by atoms with E-state index >= 15 is 0 Å². The summed E-state index contributed by atoms with van der Waals surface area (Å²) in [5.74, 6) is 1.76. The minimum absolute atomic E-state index is 0.550. The molecule has 0 fully saturated rings. The lowest BCUT2D eigenvalue weighted by Gasteiger charge is -2.20. The first kappa shape index (κ1) is 33.1. The molecular formula is C45H32B5N3O2. The summed E-state index contributed by atoms with van der Waals surface area (Å²) in [4.78, 5) is 15.4. The van der Waals surface area contributed by atoms with E-state index in [1.54, 1.807) is 0 Å². The Hall–Kier alpha value is -6.53. The lowest BCUT2D eigenvalue weighted by Crippen LogP contribution is -2.55. The molecule has 10 heteroatoms. The number of fused-ring (bicyclic) bond motifs is 6. The largest absolute Gasteiger partial charge is 0.455 e. The Labute approximate surface area is 322 Å². The van der Waals surface area contributed by atoms with Crippen LogP contribution in [0.5, 0.6) is 0 Å². The summed E-state index contributed by atoms with van der Waals surface area (Å²) in [6.07, 6.45) is 0. The van der Waals surface area contributed by atoms with Crippen molar-refractivity contribution in [2.24, 2.45) is 0 Å². The fourth-order valence-electron chi connectivity index (χ4n) is 8.26. The van der Waals surface area contributed by atoms with Crippen LogP contribution in [0.2, 0.25) is 0 Å². The predicted octanol–water partition coefficient (Wildman–Crippen LogP) is 3.30. The summed E-state index contributed by atoms with van der Waals surface area (Å²) in [5.41, 5.74) is 16.8. The average molecular weight is 701 g/mol. The SMILES string of the molecule is Bc1c(B)c(B)c(-c2cccc(-c3nc(-c4ccccc4)nc(-c4cccc5c4oc4c(-c6cccc7c6oc6ccccc67)cccc45)n3)c2)c(B)c1B. The van der Waals surface area contributed by atoms with Gasteiger partial charge in [-0.25, -0.2) is 15.0 Å². The Morgan fingerprint density at radius 2 is 0.800 bits per heavy atom. The van der Waals surface area contributed by atoms with Gasteiger partial charge in [-0.3, -0.25) is 0 Å². The second-order valence-corrected chi connectivity index (χ2v) is 14.5. The fourth-order valence-corrected chi connectivity index (χ4v) is 8.26. The molecule has 0 aliphatic rings. The van der Waals surface area contributed by atoms with Gasteiger partial charge in [-0.2, -0.15) is 0 Å². The highest BCUT2D eigenvalue weighted by Gasteiger charge is 2.22. The van der Waals surface area contributed by atoms with Crippen molar-refractivity contribution >= 4 is 110 Å². The Morgan fingerprint density at radius 1 is 0.345 bits per heavy atom. The van der Waals surface area contributed by atoms with Gasteiger partial charge < -0.3 is 8.83 Å². The second-order valence-electron chi connectivity index (χ2n) is 14.5. The van der Waals surface area contributed by atoms with Crippen LogP contribution >= 0.6 is 0 Å². The molecule has 0 aliphatic carbocycles. The topological polar surface area (TPSA) is 65.0 Å². The van der Waals surface area contributed by atoms with Gasteiger partial charge in [0.25, 0.3) is 0 Å². The Morgan fingerprint density at radius 3 is 1.49 bits per heavy atom. The molecule has 0 saturated carbocycles. The molecule has 0 saturated heterocycles. The van der Waals surface area contributed by atoms with E-state index in [1.807, 2.05) is 54.6 Å². The molecule has 0 spiro atoms. The summed E-state index contributed by atoms with van der Waals surface area (Å²) >= 11 is 0. The van der Waals surface area contributed by atoms with Gasteiger partial charge in [0.15, 0.2) is 17.5 Å². The van der Waals surface area contributed by atoms with Gasteiger partial charge in [0.05, 0.1) is 5.56 Å². The zero-order valence-electron chi connectivity index (χ0n) is 31.4. The van der Waals surface area contributed by atoms with Crippen LogP contribution in [-0.4, -0.2) is 54.2 Å². The molecule has 55 heavy (non-hydrogen) atoms. The second kappa shape index (κ2) is 12.8. The molecule has 0 bridgehead atoms. The summed E-state index contributed by atoms with van der Waals surface area (Å²) in [5, 5.41) is 4.18. The molecular weight excluding hydrogens is 669 g/mol. The molecule has 5 nitrogen and oxygen atoms in total. The van der Waals surface area contributed by atoms with Crippen molar-refractivity contribution in [2.45, 2.75) is 0 Å². The molecule has 0 atom stereocenters. The lowest BCUT2D eigenvalue weighted by atomic mass is 9.59. The minimum atomic E-state index is 0.550. The summed E-state index contributed by atoms with van der Waals surface area (Å²) in [7, 11) is 11.1. The van der Waals surface area contributed by atoms with E-state index in [4.69, 9.17) is 23.8 Å². The van der Waals surface area contributed by atoms with Gasteiger partial charge in [-0.1, -0.05) is 126 Å². The summed E-state index contributed by atoms with van der Waals surface area (Å²) < 4.78 is 13.4. The number of nitrogens with zero attached hydrogens (tertiary/aromatic N) is 3. The number of furan rings is 2. The van der Waals surface area contributed by atoms with Gasteiger partial charge in [0.1, 0.15) is 61.6 Å². The van der Waals surface area contributed by atoms with Gasteiger partial charge in [0.2, 0.25) is 0 Å². The van der Waals surface area contributed by atoms with E-state index in [0.717, 1.165) is 77.3 Å². The Kier molecular flexibility index (Phi) is 7.70. The Bertz CT molecular complexity index is 3150. The molecule has 0 amide bonds. The van der Waals surface area contributed by atoms with E-state index in [0.29, 0.717) is 17.5 Å². The highest BCUT2D eigenvalue weighted by Crippen LogP contribution is 2.43. The van der Waals surface area contributed by atoms with Crippen molar-refractivity contribution in [3.05, 3.63) is 133 Å². The fraction of sp³-hybridized carbons (Fsp3) is 0. The molecule has 0 unspecified atom stereocenters. The first-order chi connectivity index (χ1) is 26.9.